The first-order valence-corrected chi connectivity index (χ1v) is 5.47. The van der Waals surface area contributed by atoms with Crippen LogP contribution in [-0.2, 0) is 0 Å². The Morgan fingerprint density at radius 1 is 1.44 bits per heavy atom. The molecule has 0 aliphatic carbocycles. The number of hydrogen-bond donors (Lipinski definition) is 2. The predicted octanol–water partition coefficient (Wildman–Crippen LogP) is 1.22. The van der Waals surface area contributed by atoms with Crippen molar-refractivity contribution in [3.05, 3.63) is 17.8 Å². The van der Waals surface area contributed by atoms with Crippen molar-refractivity contribution in [3.8, 4) is 0 Å². The molecule has 5 nitrogen and oxygen atoms in total. The average molecular weight is 222 g/mol. The predicted molar refractivity (Wildman–Crippen MR) is 62.8 cm³/mol. The minimum absolute atomic E-state index is 0.198. The highest BCUT2D eigenvalue weighted by Gasteiger charge is 2.06. The second kappa shape index (κ2) is 6.05. The maximum Gasteiger partial charge on any atom is 0.271 e. The van der Waals surface area contributed by atoms with Crippen LogP contribution in [0.4, 0.5) is 5.82 Å². The summed E-state index contributed by atoms with van der Waals surface area (Å²) in [6.07, 6.45) is 2.08. The molecular formula is C11H18N4O. The fraction of sp³-hybridized carbons (Fsp3) is 0.545. The Kier molecular flexibility index (Phi) is 4.69. The Hall–Kier alpha value is -1.65. The lowest BCUT2D eigenvalue weighted by molar-refractivity contribution is 0.0946. The molecule has 1 amide bonds. The number of amides is 1. The maximum atomic E-state index is 11.5. The van der Waals surface area contributed by atoms with Crippen LogP contribution in [0.2, 0.25) is 0 Å². The van der Waals surface area contributed by atoms with Crippen LogP contribution in [0.25, 0.3) is 0 Å². The van der Waals surface area contributed by atoms with Crippen molar-refractivity contribution in [1.82, 2.24) is 15.5 Å². The molecule has 1 aromatic rings. The number of nitrogens with two attached hydrogens (primary N) is 1. The van der Waals surface area contributed by atoms with Gasteiger partial charge in [0.2, 0.25) is 0 Å². The molecule has 1 rings (SSSR count). The first-order valence-electron chi connectivity index (χ1n) is 5.47. The van der Waals surface area contributed by atoms with E-state index >= 15 is 0 Å². The van der Waals surface area contributed by atoms with Gasteiger partial charge in [0.05, 0.1) is 0 Å². The summed E-state index contributed by atoms with van der Waals surface area (Å²) >= 11 is 0. The molecule has 0 radical (unpaired) electrons. The van der Waals surface area contributed by atoms with E-state index in [2.05, 4.69) is 29.4 Å². The topological polar surface area (TPSA) is 80.9 Å². The molecule has 0 aromatic carbocycles. The molecule has 0 saturated carbocycles. The van der Waals surface area contributed by atoms with Gasteiger partial charge in [0.15, 0.2) is 5.69 Å². The molecule has 0 unspecified atom stereocenters. The molecule has 0 aliphatic heterocycles. The second-order valence-electron chi connectivity index (χ2n) is 4.14. The van der Waals surface area contributed by atoms with Gasteiger partial charge >= 0.3 is 0 Å². The van der Waals surface area contributed by atoms with Crippen molar-refractivity contribution in [2.45, 2.75) is 26.7 Å². The van der Waals surface area contributed by atoms with E-state index in [1.807, 2.05) is 0 Å². The third kappa shape index (κ3) is 4.25. The standard InChI is InChI=1S/C11H18N4O/c1-8(2)4-3-7-13-11(16)9-5-6-10(12)15-14-9/h5-6,8H,3-4,7H2,1-2H3,(H2,12,15)(H,13,16). The summed E-state index contributed by atoms with van der Waals surface area (Å²) in [6.45, 7) is 4.99. The zero-order valence-electron chi connectivity index (χ0n) is 9.73. The number of carbonyl (C=O) groups is 1. The molecule has 88 valence electrons. The fourth-order valence-corrected chi connectivity index (χ4v) is 1.27. The highest BCUT2D eigenvalue weighted by atomic mass is 16.1. The monoisotopic (exact) mass is 222 g/mol. The van der Waals surface area contributed by atoms with Crippen LogP contribution in [0.1, 0.15) is 37.2 Å². The third-order valence-corrected chi connectivity index (χ3v) is 2.16. The Morgan fingerprint density at radius 2 is 2.19 bits per heavy atom. The number of aromatic nitrogens is 2. The van der Waals surface area contributed by atoms with Crippen LogP contribution in [-0.4, -0.2) is 22.6 Å². The molecule has 16 heavy (non-hydrogen) atoms. The van der Waals surface area contributed by atoms with Crippen molar-refractivity contribution in [1.29, 1.82) is 0 Å². The largest absolute Gasteiger partial charge is 0.382 e. The summed E-state index contributed by atoms with van der Waals surface area (Å²) in [5.74, 6) is 0.779. The normalized spacial score (nSPS) is 10.4. The SMILES string of the molecule is CC(C)CCCNC(=O)c1ccc(N)nn1. The van der Waals surface area contributed by atoms with Gasteiger partial charge < -0.3 is 11.1 Å². The van der Waals surface area contributed by atoms with E-state index < -0.39 is 0 Å². The third-order valence-electron chi connectivity index (χ3n) is 2.16. The number of rotatable bonds is 5. The van der Waals surface area contributed by atoms with Gasteiger partial charge in [-0.1, -0.05) is 13.8 Å². The molecule has 1 aromatic heterocycles. The molecule has 0 atom stereocenters. The highest BCUT2D eigenvalue weighted by Crippen LogP contribution is 2.02. The molecule has 0 spiro atoms. The van der Waals surface area contributed by atoms with E-state index in [1.54, 1.807) is 12.1 Å². The number of anilines is 1. The average Bonchev–Trinajstić information content (AvgIpc) is 2.25. The molecule has 0 bridgehead atoms. The zero-order valence-corrected chi connectivity index (χ0v) is 9.73. The van der Waals surface area contributed by atoms with Gasteiger partial charge in [0.25, 0.3) is 5.91 Å². The first-order chi connectivity index (χ1) is 7.59. The summed E-state index contributed by atoms with van der Waals surface area (Å²) in [5.41, 5.74) is 5.68. The van der Waals surface area contributed by atoms with Gasteiger partial charge in [-0.05, 0) is 30.9 Å². The van der Waals surface area contributed by atoms with E-state index in [9.17, 15) is 4.79 Å². The van der Waals surface area contributed by atoms with E-state index in [4.69, 9.17) is 5.73 Å². The molecule has 0 aliphatic rings. The van der Waals surface area contributed by atoms with Crippen molar-refractivity contribution < 1.29 is 4.79 Å². The first kappa shape index (κ1) is 12.4. The van der Waals surface area contributed by atoms with Gasteiger partial charge in [-0.25, -0.2) is 0 Å². The second-order valence-corrected chi connectivity index (χ2v) is 4.14. The minimum atomic E-state index is -0.198. The van der Waals surface area contributed by atoms with E-state index in [-0.39, 0.29) is 5.91 Å². The van der Waals surface area contributed by atoms with Gasteiger partial charge in [0, 0.05) is 6.54 Å². The van der Waals surface area contributed by atoms with Gasteiger partial charge in [-0.2, -0.15) is 0 Å². The van der Waals surface area contributed by atoms with Gasteiger partial charge in [-0.15, -0.1) is 10.2 Å². The smallest absolute Gasteiger partial charge is 0.271 e. The quantitative estimate of drug-likeness (QED) is 0.734. The molecule has 1 heterocycles. The minimum Gasteiger partial charge on any atom is -0.382 e. The number of nitrogens with one attached hydrogen (secondary N) is 1. The highest BCUT2D eigenvalue weighted by molar-refractivity contribution is 5.92. The van der Waals surface area contributed by atoms with Crippen molar-refractivity contribution in [3.63, 3.8) is 0 Å². The fourth-order valence-electron chi connectivity index (χ4n) is 1.27. The van der Waals surface area contributed by atoms with Crippen LogP contribution in [0.5, 0.6) is 0 Å². The summed E-state index contributed by atoms with van der Waals surface area (Å²) in [4.78, 5) is 11.5. The van der Waals surface area contributed by atoms with Crippen LogP contribution in [0.3, 0.4) is 0 Å². The van der Waals surface area contributed by atoms with Crippen LogP contribution < -0.4 is 11.1 Å². The number of carbonyl (C=O) groups excluding carboxylic acids is 1. The number of nitrogen functional groups attached to an aromatic ring is 1. The van der Waals surface area contributed by atoms with Crippen LogP contribution >= 0.6 is 0 Å². The lowest BCUT2D eigenvalue weighted by Crippen LogP contribution is -2.25. The van der Waals surface area contributed by atoms with Gasteiger partial charge in [0.1, 0.15) is 5.82 Å². The van der Waals surface area contributed by atoms with Crippen molar-refractivity contribution in [2.24, 2.45) is 5.92 Å². The number of nitrogens with zero attached hydrogens (tertiary/aromatic N) is 2. The molecule has 5 heteroatoms. The molecule has 0 saturated heterocycles. The molecular weight excluding hydrogens is 204 g/mol. The number of hydrogen-bond acceptors (Lipinski definition) is 4. The summed E-state index contributed by atoms with van der Waals surface area (Å²) in [7, 11) is 0. The van der Waals surface area contributed by atoms with Crippen molar-refractivity contribution >= 4 is 11.7 Å². The Bertz CT molecular complexity index is 334. The zero-order chi connectivity index (χ0) is 12.0. The maximum absolute atomic E-state index is 11.5. The summed E-state index contributed by atoms with van der Waals surface area (Å²) < 4.78 is 0. The lowest BCUT2D eigenvalue weighted by Gasteiger charge is -2.06. The van der Waals surface area contributed by atoms with Crippen molar-refractivity contribution in [2.75, 3.05) is 12.3 Å². The van der Waals surface area contributed by atoms with Crippen LogP contribution in [0.15, 0.2) is 12.1 Å². The lowest BCUT2D eigenvalue weighted by atomic mass is 10.1. The summed E-state index contributed by atoms with van der Waals surface area (Å²) in [5, 5.41) is 10.1. The summed E-state index contributed by atoms with van der Waals surface area (Å²) in [6, 6.07) is 3.14. The molecule has 0 fully saturated rings. The van der Waals surface area contributed by atoms with E-state index in [1.165, 1.54) is 0 Å². The van der Waals surface area contributed by atoms with Crippen LogP contribution in [0, 0.1) is 5.92 Å². The Morgan fingerprint density at radius 3 is 2.75 bits per heavy atom. The Labute approximate surface area is 95.4 Å². The van der Waals surface area contributed by atoms with E-state index in [0.717, 1.165) is 12.8 Å². The Balaban J connectivity index is 2.32. The van der Waals surface area contributed by atoms with Gasteiger partial charge in [-0.3, -0.25) is 4.79 Å². The van der Waals surface area contributed by atoms with E-state index in [0.29, 0.717) is 24.0 Å². The molecule has 3 N–H and O–H groups in total.